The van der Waals surface area contributed by atoms with Gasteiger partial charge in [0.2, 0.25) is 0 Å². The normalized spacial score (nSPS) is 18.7. The molecule has 1 aliphatic rings. The van der Waals surface area contributed by atoms with E-state index in [-0.39, 0.29) is 10.6 Å². The number of likely N-dealkylation sites (tertiary alicyclic amines) is 1. The van der Waals surface area contributed by atoms with E-state index >= 15 is 0 Å². The van der Waals surface area contributed by atoms with E-state index < -0.39 is 5.91 Å². The SMILES string of the molecule is CC1CCCN(/C=C(/C#N)C(=O)Nc2cccc(Cl)c2Cl)C1. The average molecular weight is 338 g/mol. The summed E-state index contributed by atoms with van der Waals surface area (Å²) in [6, 6.07) is 6.91. The molecule has 0 saturated carbocycles. The molecule has 1 aliphatic heterocycles. The Kier molecular flexibility index (Phi) is 5.70. The maximum absolute atomic E-state index is 12.2. The van der Waals surface area contributed by atoms with Gasteiger partial charge in [-0.25, -0.2) is 0 Å². The van der Waals surface area contributed by atoms with Gasteiger partial charge in [0.1, 0.15) is 11.6 Å². The zero-order chi connectivity index (χ0) is 16.1. The van der Waals surface area contributed by atoms with E-state index in [2.05, 4.69) is 12.2 Å². The quantitative estimate of drug-likeness (QED) is 0.668. The van der Waals surface area contributed by atoms with Gasteiger partial charge >= 0.3 is 0 Å². The molecule has 1 heterocycles. The summed E-state index contributed by atoms with van der Waals surface area (Å²) in [6.45, 7) is 3.88. The molecule has 0 radical (unpaired) electrons. The number of benzene rings is 1. The number of hydrogen-bond acceptors (Lipinski definition) is 3. The molecule has 4 nitrogen and oxygen atoms in total. The second-order valence-electron chi connectivity index (χ2n) is 5.45. The van der Waals surface area contributed by atoms with Crippen molar-refractivity contribution >= 4 is 34.8 Å². The topological polar surface area (TPSA) is 56.1 Å². The second-order valence-corrected chi connectivity index (χ2v) is 6.24. The lowest BCUT2D eigenvalue weighted by Gasteiger charge is -2.29. The number of amides is 1. The first kappa shape index (κ1) is 16.7. The molecule has 1 N–H and O–H groups in total. The number of hydrogen-bond donors (Lipinski definition) is 1. The van der Waals surface area contributed by atoms with Gasteiger partial charge in [-0.3, -0.25) is 4.79 Å². The third-order valence-electron chi connectivity index (χ3n) is 3.56. The number of carbonyl (C=O) groups excluding carboxylic acids is 1. The minimum atomic E-state index is -0.482. The van der Waals surface area contributed by atoms with Gasteiger partial charge in [0, 0.05) is 19.3 Å². The van der Waals surface area contributed by atoms with E-state index in [1.54, 1.807) is 24.4 Å². The number of piperidine rings is 1. The molecule has 0 spiro atoms. The van der Waals surface area contributed by atoms with E-state index in [1.807, 2.05) is 11.0 Å². The van der Waals surface area contributed by atoms with Crippen LogP contribution in [-0.4, -0.2) is 23.9 Å². The van der Waals surface area contributed by atoms with Gasteiger partial charge in [0.05, 0.1) is 15.7 Å². The number of nitriles is 1. The second kappa shape index (κ2) is 7.53. The zero-order valence-electron chi connectivity index (χ0n) is 12.3. The van der Waals surface area contributed by atoms with Crippen molar-refractivity contribution in [2.24, 2.45) is 5.92 Å². The van der Waals surface area contributed by atoms with Crippen LogP contribution in [0.2, 0.25) is 10.0 Å². The van der Waals surface area contributed by atoms with Crippen molar-refractivity contribution in [1.82, 2.24) is 4.90 Å². The Morgan fingerprint density at radius 1 is 1.50 bits per heavy atom. The van der Waals surface area contributed by atoms with Crippen LogP contribution < -0.4 is 5.32 Å². The maximum Gasteiger partial charge on any atom is 0.267 e. The van der Waals surface area contributed by atoms with E-state index in [9.17, 15) is 10.1 Å². The smallest absolute Gasteiger partial charge is 0.267 e. The van der Waals surface area contributed by atoms with Crippen molar-refractivity contribution < 1.29 is 4.79 Å². The fourth-order valence-electron chi connectivity index (χ4n) is 2.45. The van der Waals surface area contributed by atoms with Crippen molar-refractivity contribution in [2.75, 3.05) is 18.4 Å². The molecule has 1 atom stereocenters. The van der Waals surface area contributed by atoms with Crippen LogP contribution in [0.25, 0.3) is 0 Å². The van der Waals surface area contributed by atoms with E-state index in [1.165, 1.54) is 6.42 Å². The Bertz CT molecular complexity index is 637. The molecule has 0 aromatic heterocycles. The highest BCUT2D eigenvalue weighted by Gasteiger charge is 2.17. The van der Waals surface area contributed by atoms with Crippen LogP contribution >= 0.6 is 23.2 Å². The summed E-state index contributed by atoms with van der Waals surface area (Å²) < 4.78 is 0. The summed E-state index contributed by atoms with van der Waals surface area (Å²) in [6.07, 6.45) is 3.87. The van der Waals surface area contributed by atoms with E-state index in [0.29, 0.717) is 16.6 Å². The molecule has 22 heavy (non-hydrogen) atoms. The van der Waals surface area contributed by atoms with Crippen LogP contribution in [0.15, 0.2) is 30.0 Å². The highest BCUT2D eigenvalue weighted by Crippen LogP contribution is 2.29. The van der Waals surface area contributed by atoms with Crippen molar-refractivity contribution in [3.63, 3.8) is 0 Å². The average Bonchev–Trinajstić information content (AvgIpc) is 2.49. The van der Waals surface area contributed by atoms with Gasteiger partial charge in [-0.1, -0.05) is 36.2 Å². The minimum Gasteiger partial charge on any atom is -0.376 e. The number of carbonyl (C=O) groups is 1. The van der Waals surface area contributed by atoms with Crippen molar-refractivity contribution in [1.29, 1.82) is 5.26 Å². The monoisotopic (exact) mass is 337 g/mol. The van der Waals surface area contributed by atoms with Gasteiger partial charge in [-0.15, -0.1) is 0 Å². The summed E-state index contributed by atoms with van der Waals surface area (Å²) in [5, 5.41) is 12.5. The molecular weight excluding hydrogens is 321 g/mol. The highest BCUT2D eigenvalue weighted by atomic mass is 35.5. The summed E-state index contributed by atoms with van der Waals surface area (Å²) >= 11 is 11.9. The predicted octanol–water partition coefficient (Wildman–Crippen LogP) is 4.07. The molecular formula is C16H17Cl2N3O. The number of halogens is 2. The lowest BCUT2D eigenvalue weighted by atomic mass is 10.0. The summed E-state index contributed by atoms with van der Waals surface area (Å²) in [5.74, 6) is 0.0836. The number of nitrogens with one attached hydrogen (secondary N) is 1. The van der Waals surface area contributed by atoms with Crippen LogP contribution in [-0.2, 0) is 4.79 Å². The van der Waals surface area contributed by atoms with Crippen LogP contribution in [0.5, 0.6) is 0 Å². The van der Waals surface area contributed by atoms with E-state index in [4.69, 9.17) is 23.2 Å². The van der Waals surface area contributed by atoms with Gasteiger partial charge in [-0.2, -0.15) is 5.26 Å². The molecule has 6 heteroatoms. The molecule has 1 aromatic carbocycles. The number of rotatable bonds is 3. The molecule has 1 unspecified atom stereocenters. The first-order chi connectivity index (χ1) is 10.5. The summed E-state index contributed by atoms with van der Waals surface area (Å²) in [4.78, 5) is 14.3. The van der Waals surface area contributed by atoms with Gasteiger partial charge in [-0.05, 0) is 30.9 Å². The third kappa shape index (κ3) is 4.16. The maximum atomic E-state index is 12.2. The molecule has 1 fully saturated rings. The molecule has 1 amide bonds. The highest BCUT2D eigenvalue weighted by molar-refractivity contribution is 6.44. The number of anilines is 1. The first-order valence-electron chi connectivity index (χ1n) is 7.12. The van der Waals surface area contributed by atoms with E-state index in [0.717, 1.165) is 19.5 Å². The lowest BCUT2D eigenvalue weighted by molar-refractivity contribution is -0.112. The lowest BCUT2D eigenvalue weighted by Crippen LogP contribution is -2.31. The van der Waals surface area contributed by atoms with Crippen LogP contribution in [0, 0.1) is 17.2 Å². The van der Waals surface area contributed by atoms with Crippen molar-refractivity contribution in [2.45, 2.75) is 19.8 Å². The fourth-order valence-corrected chi connectivity index (χ4v) is 2.80. The molecule has 2 rings (SSSR count). The molecule has 1 saturated heterocycles. The zero-order valence-corrected chi connectivity index (χ0v) is 13.8. The fraction of sp³-hybridized carbons (Fsp3) is 0.375. The molecule has 0 aliphatic carbocycles. The Balaban J connectivity index is 2.12. The largest absolute Gasteiger partial charge is 0.376 e. The Labute approximate surface area is 140 Å². The Morgan fingerprint density at radius 2 is 2.27 bits per heavy atom. The van der Waals surface area contributed by atoms with Gasteiger partial charge in [0.15, 0.2) is 0 Å². The third-order valence-corrected chi connectivity index (χ3v) is 4.38. The van der Waals surface area contributed by atoms with Crippen LogP contribution in [0.3, 0.4) is 0 Å². The summed E-state index contributed by atoms with van der Waals surface area (Å²) in [7, 11) is 0. The molecule has 0 bridgehead atoms. The van der Waals surface area contributed by atoms with Crippen molar-refractivity contribution in [3.05, 3.63) is 40.0 Å². The van der Waals surface area contributed by atoms with Crippen molar-refractivity contribution in [3.8, 4) is 6.07 Å². The number of nitrogens with zero attached hydrogens (tertiary/aromatic N) is 2. The minimum absolute atomic E-state index is 0.0603. The van der Waals surface area contributed by atoms with Crippen LogP contribution in [0.1, 0.15) is 19.8 Å². The standard InChI is InChI=1S/C16H17Cl2N3O/c1-11-4-3-7-21(9-11)10-12(8-19)16(22)20-14-6-2-5-13(17)15(14)18/h2,5-6,10-11H,3-4,7,9H2,1H3,(H,20,22)/b12-10-. The van der Waals surface area contributed by atoms with Crippen LogP contribution in [0.4, 0.5) is 5.69 Å². The molecule has 116 valence electrons. The van der Waals surface area contributed by atoms with Gasteiger partial charge in [0.25, 0.3) is 5.91 Å². The van der Waals surface area contributed by atoms with Gasteiger partial charge < -0.3 is 10.2 Å². The Hall–Kier alpha value is -1.70. The Morgan fingerprint density at radius 3 is 2.95 bits per heavy atom. The first-order valence-corrected chi connectivity index (χ1v) is 7.88. The molecule has 1 aromatic rings. The summed E-state index contributed by atoms with van der Waals surface area (Å²) in [5.41, 5.74) is 0.456. The predicted molar refractivity (Wildman–Crippen MR) is 88.8 cm³/mol.